The first-order valence-corrected chi connectivity index (χ1v) is 6.89. The van der Waals surface area contributed by atoms with Crippen LogP contribution in [0.5, 0.6) is 0 Å². The number of pyridine rings is 1. The van der Waals surface area contributed by atoms with Crippen molar-refractivity contribution >= 4 is 11.7 Å². The molecule has 0 radical (unpaired) electrons. The van der Waals surface area contributed by atoms with Crippen molar-refractivity contribution in [1.29, 1.82) is 0 Å². The minimum Gasteiger partial charge on any atom is -0.390 e. The van der Waals surface area contributed by atoms with Gasteiger partial charge in [-0.1, -0.05) is 0 Å². The summed E-state index contributed by atoms with van der Waals surface area (Å²) in [4.78, 5) is 23.2. The quantitative estimate of drug-likeness (QED) is 0.729. The molecule has 0 spiro atoms. The van der Waals surface area contributed by atoms with Crippen LogP contribution < -0.4 is 16.6 Å². The molecule has 0 saturated carbocycles. The molecule has 1 aromatic heterocycles. The van der Waals surface area contributed by atoms with E-state index in [2.05, 4.69) is 5.32 Å². The topological polar surface area (TPSA) is 97.3 Å². The maximum absolute atomic E-state index is 13.9. The number of nitrogens with one attached hydrogen (secondary N) is 1. The smallest absolute Gasteiger partial charge is 0.390 e. The maximum Gasteiger partial charge on any atom is 0.416 e. The molecule has 0 aliphatic heterocycles. The molecule has 0 saturated heterocycles. The van der Waals surface area contributed by atoms with Crippen molar-refractivity contribution in [3.8, 4) is 0 Å². The molecule has 0 fully saturated rings. The van der Waals surface area contributed by atoms with E-state index in [0.717, 1.165) is 4.57 Å². The van der Waals surface area contributed by atoms with Crippen molar-refractivity contribution < 1.29 is 27.5 Å². The van der Waals surface area contributed by atoms with E-state index in [1.807, 2.05) is 0 Å². The van der Waals surface area contributed by atoms with Crippen LogP contribution in [0.25, 0.3) is 0 Å². The summed E-state index contributed by atoms with van der Waals surface area (Å²) < 4.78 is 53.1. The van der Waals surface area contributed by atoms with Gasteiger partial charge in [-0.3, -0.25) is 4.79 Å². The summed E-state index contributed by atoms with van der Waals surface area (Å²) in [6.07, 6.45) is -4.68. The van der Waals surface area contributed by atoms with E-state index in [1.54, 1.807) is 0 Å². The highest BCUT2D eigenvalue weighted by Crippen LogP contribution is 2.30. The van der Waals surface area contributed by atoms with E-state index in [0.29, 0.717) is 18.2 Å². The van der Waals surface area contributed by atoms with Gasteiger partial charge in [-0.05, 0) is 30.3 Å². The molecule has 4 N–H and O–H groups in total. The number of primary amides is 1. The zero-order valence-corrected chi connectivity index (χ0v) is 12.6. The van der Waals surface area contributed by atoms with Crippen LogP contribution in [-0.4, -0.2) is 15.7 Å². The fourth-order valence-corrected chi connectivity index (χ4v) is 2.20. The van der Waals surface area contributed by atoms with Crippen molar-refractivity contribution in [1.82, 2.24) is 4.57 Å². The van der Waals surface area contributed by atoms with Gasteiger partial charge < -0.3 is 20.7 Å². The lowest BCUT2D eigenvalue weighted by molar-refractivity contribution is -0.137. The second-order valence-corrected chi connectivity index (χ2v) is 5.08. The third-order valence-electron chi connectivity index (χ3n) is 3.39. The third-order valence-corrected chi connectivity index (χ3v) is 3.39. The zero-order chi connectivity index (χ0) is 18.8. The monoisotopic (exact) mass is 359 g/mol. The molecule has 0 aliphatic rings. The minimum absolute atomic E-state index is 0.0248. The number of nitrogens with two attached hydrogens (primary N) is 1. The Balaban J connectivity index is 2.53. The number of carbonyl (C=O) groups excluding carboxylic acids is 1. The lowest BCUT2D eigenvalue weighted by Gasteiger charge is -2.15. The number of halogens is 4. The number of amides is 2. The van der Waals surface area contributed by atoms with E-state index in [9.17, 15) is 32.3 Å². The number of anilines is 1. The highest BCUT2D eigenvalue weighted by Gasteiger charge is 2.31. The average Bonchev–Trinajstić information content (AvgIpc) is 2.51. The molecule has 2 aromatic rings. The van der Waals surface area contributed by atoms with Gasteiger partial charge in [0.1, 0.15) is 11.5 Å². The third kappa shape index (κ3) is 4.15. The van der Waals surface area contributed by atoms with Gasteiger partial charge in [0.25, 0.3) is 5.56 Å². The Morgan fingerprint density at radius 1 is 1.24 bits per heavy atom. The van der Waals surface area contributed by atoms with Crippen LogP contribution in [0.15, 0.2) is 35.1 Å². The van der Waals surface area contributed by atoms with Crippen molar-refractivity contribution in [3.63, 3.8) is 0 Å². The molecule has 6 nitrogen and oxygen atoms in total. The van der Waals surface area contributed by atoms with Crippen LogP contribution in [0, 0.1) is 5.82 Å². The van der Waals surface area contributed by atoms with Gasteiger partial charge in [0, 0.05) is 11.3 Å². The summed E-state index contributed by atoms with van der Waals surface area (Å²) in [6, 6.07) is 3.23. The summed E-state index contributed by atoms with van der Waals surface area (Å²) in [7, 11) is 0. The number of hydrogen-bond acceptors (Lipinski definition) is 3. The Bertz CT molecular complexity index is 862. The SMILES string of the molecule is NC(=O)Nc1ccc(CO)n(Cc2cc(C(F)(F)F)ccc2F)c1=O. The number of hydrogen-bond donors (Lipinski definition) is 3. The largest absolute Gasteiger partial charge is 0.416 e. The lowest BCUT2D eigenvalue weighted by Crippen LogP contribution is -2.30. The van der Waals surface area contributed by atoms with Crippen LogP contribution in [-0.2, 0) is 19.3 Å². The maximum atomic E-state index is 13.9. The summed E-state index contributed by atoms with van der Waals surface area (Å²) in [5.41, 5.74) is 2.38. The number of aliphatic hydroxyl groups excluding tert-OH is 1. The van der Waals surface area contributed by atoms with Gasteiger partial charge in [-0.15, -0.1) is 0 Å². The molecule has 1 heterocycles. The van der Waals surface area contributed by atoms with E-state index < -0.39 is 47.9 Å². The Labute approximate surface area is 138 Å². The number of aromatic nitrogens is 1. The summed E-state index contributed by atoms with van der Waals surface area (Å²) in [5, 5.41) is 11.4. The average molecular weight is 359 g/mol. The summed E-state index contributed by atoms with van der Waals surface area (Å²) in [6.45, 7) is -1.19. The standard InChI is InChI=1S/C15H13F4N3O3/c16-11-3-1-9(15(17,18)19)5-8(11)6-22-10(7-23)2-4-12(13(22)24)21-14(20)25/h1-5,23H,6-7H2,(H3,20,21,25). The Hall–Kier alpha value is -2.88. The van der Waals surface area contributed by atoms with Crippen molar-refractivity contribution in [2.75, 3.05) is 5.32 Å². The number of nitrogens with zero attached hydrogens (tertiary/aromatic N) is 1. The van der Waals surface area contributed by atoms with Crippen molar-refractivity contribution in [2.24, 2.45) is 5.73 Å². The lowest BCUT2D eigenvalue weighted by atomic mass is 10.1. The predicted octanol–water partition coefficient (Wildman–Crippen LogP) is 2.04. The van der Waals surface area contributed by atoms with Gasteiger partial charge in [-0.25, -0.2) is 9.18 Å². The first-order valence-electron chi connectivity index (χ1n) is 6.89. The summed E-state index contributed by atoms with van der Waals surface area (Å²) in [5.74, 6) is -0.947. The highest BCUT2D eigenvalue weighted by atomic mass is 19.4. The molecule has 0 unspecified atom stereocenters. The number of aliphatic hydroxyl groups is 1. The molecule has 2 amide bonds. The molecule has 1 aromatic carbocycles. The van der Waals surface area contributed by atoms with Crippen LogP contribution >= 0.6 is 0 Å². The molecule has 10 heteroatoms. The number of carbonyl (C=O) groups is 1. The van der Waals surface area contributed by atoms with Gasteiger partial charge in [0.15, 0.2) is 0 Å². The number of alkyl halides is 3. The number of rotatable bonds is 4. The van der Waals surface area contributed by atoms with Gasteiger partial charge in [-0.2, -0.15) is 13.2 Å². The molecule has 0 aliphatic carbocycles. The molecule has 0 atom stereocenters. The van der Waals surface area contributed by atoms with E-state index in [-0.39, 0.29) is 11.4 Å². The fraction of sp³-hybridized carbons (Fsp3) is 0.200. The fourth-order valence-electron chi connectivity index (χ4n) is 2.20. The zero-order valence-electron chi connectivity index (χ0n) is 12.6. The van der Waals surface area contributed by atoms with E-state index >= 15 is 0 Å². The van der Waals surface area contributed by atoms with E-state index in [4.69, 9.17) is 5.73 Å². The van der Waals surface area contributed by atoms with Gasteiger partial charge in [0.2, 0.25) is 0 Å². The van der Waals surface area contributed by atoms with Crippen LogP contribution in [0.3, 0.4) is 0 Å². The second-order valence-electron chi connectivity index (χ2n) is 5.08. The molecular formula is C15H13F4N3O3. The van der Waals surface area contributed by atoms with Gasteiger partial charge in [0.05, 0.1) is 18.7 Å². The first-order chi connectivity index (χ1) is 11.6. The number of urea groups is 1. The predicted molar refractivity (Wildman–Crippen MR) is 80.3 cm³/mol. The molecule has 134 valence electrons. The minimum atomic E-state index is -4.68. The second kappa shape index (κ2) is 6.93. The van der Waals surface area contributed by atoms with E-state index in [1.165, 1.54) is 12.1 Å². The highest BCUT2D eigenvalue weighted by molar-refractivity contribution is 5.87. The first kappa shape index (κ1) is 18.5. The Morgan fingerprint density at radius 2 is 1.92 bits per heavy atom. The normalized spacial score (nSPS) is 11.4. The van der Waals surface area contributed by atoms with Crippen LogP contribution in [0.1, 0.15) is 16.8 Å². The molecular weight excluding hydrogens is 346 g/mol. The van der Waals surface area contributed by atoms with Crippen LogP contribution in [0.4, 0.5) is 28.0 Å². The number of benzene rings is 1. The Kier molecular flexibility index (Phi) is 5.12. The van der Waals surface area contributed by atoms with Gasteiger partial charge >= 0.3 is 12.2 Å². The molecule has 2 rings (SSSR count). The Morgan fingerprint density at radius 3 is 2.48 bits per heavy atom. The molecule has 25 heavy (non-hydrogen) atoms. The van der Waals surface area contributed by atoms with Crippen molar-refractivity contribution in [2.45, 2.75) is 19.3 Å². The molecule has 0 bridgehead atoms. The summed E-state index contributed by atoms with van der Waals surface area (Å²) >= 11 is 0. The van der Waals surface area contributed by atoms with Crippen molar-refractivity contribution in [3.05, 3.63) is 63.3 Å². The van der Waals surface area contributed by atoms with Crippen LogP contribution in [0.2, 0.25) is 0 Å².